The Kier molecular flexibility index (Phi) is 4.40. The van der Waals surface area contributed by atoms with Crippen molar-refractivity contribution in [2.75, 3.05) is 0 Å². The van der Waals surface area contributed by atoms with Gasteiger partial charge in [-0.25, -0.2) is 0 Å². The highest BCUT2D eigenvalue weighted by Gasteiger charge is 2.02. The lowest BCUT2D eigenvalue weighted by Gasteiger charge is -2.04. The van der Waals surface area contributed by atoms with E-state index >= 15 is 0 Å². The monoisotopic (exact) mass is 158 g/mol. The molecular formula is C7H14N2S. The van der Waals surface area contributed by atoms with E-state index in [1.165, 1.54) is 11.9 Å². The summed E-state index contributed by atoms with van der Waals surface area (Å²) in [5, 5.41) is 6.30. The Bertz CT molecular complexity index is 150. The molecule has 0 unspecified atom stereocenters. The first-order valence-electron chi connectivity index (χ1n) is 3.18. The number of hydrogen-bond acceptors (Lipinski definition) is 3. The van der Waals surface area contributed by atoms with Crippen LogP contribution in [0.25, 0.3) is 0 Å². The summed E-state index contributed by atoms with van der Waals surface area (Å²) in [5.74, 6) is 0.395. The fourth-order valence-corrected chi connectivity index (χ4v) is 0.960. The van der Waals surface area contributed by atoms with Gasteiger partial charge in [0.05, 0.1) is 5.04 Å². The van der Waals surface area contributed by atoms with E-state index in [0.29, 0.717) is 5.92 Å². The molecule has 0 aromatic rings. The molecule has 10 heavy (non-hydrogen) atoms. The number of hydrogen-bond donors (Lipinski definition) is 1. The van der Waals surface area contributed by atoms with Crippen LogP contribution in [0.15, 0.2) is 17.3 Å². The number of rotatable bonds is 2. The molecule has 0 aromatic heterocycles. The maximum atomic E-state index is 5.37. The number of aliphatic imine (C=N–C) groups is 1. The minimum Gasteiger partial charge on any atom is -0.273 e. The van der Waals surface area contributed by atoms with E-state index in [9.17, 15) is 0 Å². The number of allylic oxidation sites excluding steroid dienone is 1. The van der Waals surface area contributed by atoms with Crippen molar-refractivity contribution in [3.63, 3.8) is 0 Å². The van der Waals surface area contributed by atoms with Crippen LogP contribution < -0.4 is 5.14 Å². The third kappa shape index (κ3) is 3.69. The van der Waals surface area contributed by atoms with Gasteiger partial charge in [-0.2, -0.15) is 0 Å². The van der Waals surface area contributed by atoms with Crippen LogP contribution in [0.4, 0.5) is 0 Å². The van der Waals surface area contributed by atoms with Gasteiger partial charge in [0.2, 0.25) is 0 Å². The van der Waals surface area contributed by atoms with Crippen molar-refractivity contribution in [2.45, 2.75) is 20.8 Å². The molecule has 2 N–H and O–H groups in total. The van der Waals surface area contributed by atoms with Gasteiger partial charge >= 0.3 is 0 Å². The molecule has 0 heterocycles. The molecule has 0 radical (unpaired) electrons. The molecule has 0 atom stereocenters. The Morgan fingerprint density at radius 1 is 1.60 bits per heavy atom. The molecule has 58 valence electrons. The van der Waals surface area contributed by atoms with Crippen molar-refractivity contribution in [2.24, 2.45) is 16.0 Å². The molecule has 0 aliphatic rings. The van der Waals surface area contributed by atoms with E-state index < -0.39 is 0 Å². The second kappa shape index (κ2) is 4.52. The van der Waals surface area contributed by atoms with Crippen molar-refractivity contribution in [3.8, 4) is 0 Å². The van der Waals surface area contributed by atoms with Crippen LogP contribution in [0.3, 0.4) is 0 Å². The van der Waals surface area contributed by atoms with Gasteiger partial charge < -0.3 is 0 Å². The van der Waals surface area contributed by atoms with Crippen molar-refractivity contribution in [3.05, 3.63) is 12.3 Å². The first kappa shape index (κ1) is 9.72. The molecule has 0 aromatic carbocycles. The third-order valence-electron chi connectivity index (χ3n) is 0.916. The average molecular weight is 158 g/mol. The smallest absolute Gasteiger partial charge is 0.0908 e. The standard InChI is InChI=1S/C7H14N2S/c1-5(2)7(10-8)9-6(3)4/h5H,3,8H2,1-2,4H3/b9-7-. The highest BCUT2D eigenvalue weighted by Crippen LogP contribution is 2.08. The first-order valence-corrected chi connectivity index (χ1v) is 4.06. The van der Waals surface area contributed by atoms with Gasteiger partial charge in [-0.1, -0.05) is 20.4 Å². The van der Waals surface area contributed by atoms with Crippen LogP contribution in [0, 0.1) is 5.92 Å². The predicted octanol–water partition coefficient (Wildman–Crippen LogP) is 2.18. The molecule has 0 saturated heterocycles. The molecule has 0 saturated carbocycles. The predicted molar refractivity (Wildman–Crippen MR) is 48.9 cm³/mol. The minimum absolute atomic E-state index is 0.395. The second-order valence-electron chi connectivity index (χ2n) is 2.46. The van der Waals surface area contributed by atoms with Gasteiger partial charge in [0, 0.05) is 11.6 Å². The highest BCUT2D eigenvalue weighted by molar-refractivity contribution is 8.12. The topological polar surface area (TPSA) is 38.4 Å². The quantitative estimate of drug-likeness (QED) is 0.380. The van der Waals surface area contributed by atoms with E-state index in [4.69, 9.17) is 5.14 Å². The molecule has 0 bridgehead atoms. The zero-order valence-corrected chi connectivity index (χ0v) is 7.53. The van der Waals surface area contributed by atoms with Gasteiger partial charge in [-0.3, -0.25) is 10.1 Å². The third-order valence-corrected chi connectivity index (χ3v) is 1.72. The molecule has 0 aliphatic heterocycles. The molecule has 2 nitrogen and oxygen atoms in total. The lowest BCUT2D eigenvalue weighted by Crippen LogP contribution is -2.05. The van der Waals surface area contributed by atoms with Crippen LogP contribution in [-0.4, -0.2) is 5.04 Å². The summed E-state index contributed by atoms with van der Waals surface area (Å²) < 4.78 is 0. The lowest BCUT2D eigenvalue weighted by atomic mass is 10.2. The van der Waals surface area contributed by atoms with Crippen LogP contribution >= 0.6 is 11.9 Å². The summed E-state index contributed by atoms with van der Waals surface area (Å²) in [4.78, 5) is 4.16. The largest absolute Gasteiger partial charge is 0.273 e. The Balaban J connectivity index is 4.18. The number of nitrogens with two attached hydrogens (primary N) is 1. The fraction of sp³-hybridized carbons (Fsp3) is 0.571. The van der Waals surface area contributed by atoms with Crippen LogP contribution in [0.1, 0.15) is 20.8 Å². The van der Waals surface area contributed by atoms with Crippen LogP contribution in [0.5, 0.6) is 0 Å². The Morgan fingerprint density at radius 2 is 2.10 bits per heavy atom. The SMILES string of the molecule is C=C(C)/N=C(\SN)C(C)C. The Labute approximate surface area is 66.7 Å². The summed E-state index contributed by atoms with van der Waals surface area (Å²) in [5.41, 5.74) is 0.807. The molecule has 0 rings (SSSR count). The molecular weight excluding hydrogens is 144 g/mol. The van der Waals surface area contributed by atoms with E-state index in [2.05, 4.69) is 25.4 Å². The molecule has 0 spiro atoms. The molecule has 3 heteroatoms. The van der Waals surface area contributed by atoms with Gasteiger partial charge in [0.1, 0.15) is 0 Å². The molecule has 0 aliphatic carbocycles. The number of nitrogens with zero attached hydrogens (tertiary/aromatic N) is 1. The summed E-state index contributed by atoms with van der Waals surface area (Å²) in [6.07, 6.45) is 0. The molecule has 0 amide bonds. The summed E-state index contributed by atoms with van der Waals surface area (Å²) in [6.45, 7) is 9.64. The van der Waals surface area contributed by atoms with Gasteiger partial charge in [0.15, 0.2) is 0 Å². The Morgan fingerprint density at radius 3 is 2.20 bits per heavy atom. The summed E-state index contributed by atoms with van der Waals surface area (Å²) in [6, 6.07) is 0. The van der Waals surface area contributed by atoms with E-state index in [-0.39, 0.29) is 0 Å². The minimum atomic E-state index is 0.395. The Hall–Kier alpha value is -0.280. The molecule has 0 fully saturated rings. The summed E-state index contributed by atoms with van der Waals surface area (Å²) in [7, 11) is 0. The first-order chi connectivity index (χ1) is 4.57. The van der Waals surface area contributed by atoms with E-state index in [1.54, 1.807) is 0 Å². The van der Waals surface area contributed by atoms with Crippen molar-refractivity contribution in [1.82, 2.24) is 0 Å². The van der Waals surface area contributed by atoms with Crippen molar-refractivity contribution < 1.29 is 0 Å². The highest BCUT2D eigenvalue weighted by atomic mass is 32.2. The van der Waals surface area contributed by atoms with Crippen molar-refractivity contribution >= 4 is 17.0 Å². The zero-order valence-electron chi connectivity index (χ0n) is 6.72. The zero-order chi connectivity index (χ0) is 8.15. The van der Waals surface area contributed by atoms with Crippen molar-refractivity contribution in [1.29, 1.82) is 0 Å². The van der Waals surface area contributed by atoms with Gasteiger partial charge in [-0.05, 0) is 18.9 Å². The maximum Gasteiger partial charge on any atom is 0.0908 e. The second-order valence-corrected chi connectivity index (χ2v) is 3.11. The van der Waals surface area contributed by atoms with E-state index in [0.717, 1.165) is 10.7 Å². The van der Waals surface area contributed by atoms with Gasteiger partial charge in [-0.15, -0.1) is 0 Å². The van der Waals surface area contributed by atoms with E-state index in [1.807, 2.05) is 6.92 Å². The van der Waals surface area contributed by atoms with Crippen LogP contribution in [0.2, 0.25) is 0 Å². The average Bonchev–Trinajstić information content (AvgIpc) is 1.81. The fourth-order valence-electron chi connectivity index (χ4n) is 0.480. The normalized spacial score (nSPS) is 12.3. The lowest BCUT2D eigenvalue weighted by molar-refractivity contribution is 0.897. The van der Waals surface area contributed by atoms with Gasteiger partial charge in [0.25, 0.3) is 0 Å². The summed E-state index contributed by atoms with van der Waals surface area (Å²) >= 11 is 1.20. The maximum absolute atomic E-state index is 5.37. The van der Waals surface area contributed by atoms with Crippen LogP contribution in [-0.2, 0) is 0 Å².